The van der Waals surface area contributed by atoms with E-state index in [2.05, 4.69) is 4.74 Å². The van der Waals surface area contributed by atoms with Crippen LogP contribution in [0.4, 0.5) is 4.79 Å². The molecule has 0 saturated carbocycles. The van der Waals surface area contributed by atoms with E-state index in [0.717, 1.165) is 5.56 Å². The normalized spacial score (nSPS) is 9.46. The van der Waals surface area contributed by atoms with Crippen molar-refractivity contribution in [2.24, 2.45) is 0 Å². The molecule has 0 fully saturated rings. The van der Waals surface area contributed by atoms with E-state index in [0.29, 0.717) is 10.8 Å². The van der Waals surface area contributed by atoms with E-state index >= 15 is 0 Å². The molecule has 0 aliphatic rings. The van der Waals surface area contributed by atoms with E-state index < -0.39 is 6.16 Å². The van der Waals surface area contributed by atoms with Gasteiger partial charge in [0.05, 0.1) is 12.1 Å². The summed E-state index contributed by atoms with van der Waals surface area (Å²) in [5.41, 5.74) is 1.00. The molecule has 0 N–H and O–H groups in total. The van der Waals surface area contributed by atoms with Gasteiger partial charge in [-0.1, -0.05) is 17.7 Å². The second-order valence-corrected chi connectivity index (χ2v) is 2.90. The Balaban J connectivity index is 2.83. The molecule has 0 bridgehead atoms. The summed E-state index contributed by atoms with van der Waals surface area (Å²) < 4.78 is 9.08. The Morgan fingerprint density at radius 2 is 2.15 bits per heavy atom. The van der Waals surface area contributed by atoms with Gasteiger partial charge in [0, 0.05) is 0 Å². The first-order valence-electron chi connectivity index (χ1n) is 3.65. The van der Waals surface area contributed by atoms with Gasteiger partial charge in [-0.15, -0.1) is 0 Å². The molecule has 1 aromatic rings. The summed E-state index contributed by atoms with van der Waals surface area (Å²) in [5.74, 6) is 0.305. The van der Waals surface area contributed by atoms with Crippen molar-refractivity contribution in [3.63, 3.8) is 0 Å². The number of ether oxygens (including phenoxy) is 2. The third-order valence-electron chi connectivity index (χ3n) is 1.45. The number of methoxy groups -OCH3 is 1. The average Bonchev–Trinajstić information content (AvgIpc) is 2.09. The molecule has 0 saturated heterocycles. The van der Waals surface area contributed by atoms with Crippen LogP contribution in [0.15, 0.2) is 18.2 Å². The summed E-state index contributed by atoms with van der Waals surface area (Å²) in [7, 11) is 1.24. The number of carbonyl (C=O) groups is 1. The van der Waals surface area contributed by atoms with Gasteiger partial charge in [-0.05, 0) is 24.6 Å². The Hall–Kier alpha value is -1.22. The van der Waals surface area contributed by atoms with E-state index in [-0.39, 0.29) is 0 Å². The van der Waals surface area contributed by atoms with Crippen LogP contribution in [0.3, 0.4) is 0 Å². The van der Waals surface area contributed by atoms with Crippen LogP contribution in [0, 0.1) is 6.92 Å². The zero-order valence-electron chi connectivity index (χ0n) is 7.33. The van der Waals surface area contributed by atoms with Crippen LogP contribution in [-0.4, -0.2) is 13.3 Å². The van der Waals surface area contributed by atoms with Crippen LogP contribution in [0.2, 0.25) is 5.02 Å². The molecule has 4 heteroatoms. The maximum atomic E-state index is 10.7. The van der Waals surface area contributed by atoms with E-state index in [1.807, 2.05) is 6.92 Å². The number of carbonyl (C=O) groups excluding carboxylic acids is 1. The Labute approximate surface area is 81.2 Å². The molecule has 0 aliphatic heterocycles. The van der Waals surface area contributed by atoms with Crippen LogP contribution in [0.1, 0.15) is 5.56 Å². The fourth-order valence-corrected chi connectivity index (χ4v) is 1.09. The Morgan fingerprint density at radius 3 is 2.69 bits per heavy atom. The molecule has 3 nitrogen and oxygen atoms in total. The number of hydrogen-bond donors (Lipinski definition) is 0. The van der Waals surface area contributed by atoms with Gasteiger partial charge in [-0.25, -0.2) is 4.79 Å². The summed E-state index contributed by atoms with van der Waals surface area (Å²) in [5, 5.41) is 0.394. The van der Waals surface area contributed by atoms with Crippen molar-refractivity contribution in [3.8, 4) is 5.75 Å². The summed E-state index contributed by atoms with van der Waals surface area (Å²) in [6.07, 6.45) is -0.772. The van der Waals surface area contributed by atoms with Gasteiger partial charge < -0.3 is 9.47 Å². The van der Waals surface area contributed by atoms with Gasteiger partial charge in [0.2, 0.25) is 0 Å². The lowest BCUT2D eigenvalue weighted by Crippen LogP contribution is -2.07. The number of halogens is 1. The molecule has 0 unspecified atom stereocenters. The Bertz CT molecular complexity index is 323. The molecular formula is C9H9ClO3. The highest BCUT2D eigenvalue weighted by Crippen LogP contribution is 2.25. The monoisotopic (exact) mass is 200 g/mol. The van der Waals surface area contributed by atoms with Gasteiger partial charge in [-0.2, -0.15) is 0 Å². The topological polar surface area (TPSA) is 35.5 Å². The minimum atomic E-state index is -0.772. The first-order chi connectivity index (χ1) is 6.13. The van der Waals surface area contributed by atoms with Crippen LogP contribution >= 0.6 is 11.6 Å². The van der Waals surface area contributed by atoms with Gasteiger partial charge in [0.25, 0.3) is 0 Å². The molecule has 0 radical (unpaired) electrons. The van der Waals surface area contributed by atoms with Crippen molar-refractivity contribution in [1.82, 2.24) is 0 Å². The lowest BCUT2D eigenvalue weighted by molar-refractivity contribution is 0.121. The largest absolute Gasteiger partial charge is 0.513 e. The maximum Gasteiger partial charge on any atom is 0.513 e. The lowest BCUT2D eigenvalue weighted by atomic mass is 10.2. The van der Waals surface area contributed by atoms with Gasteiger partial charge in [-0.3, -0.25) is 0 Å². The van der Waals surface area contributed by atoms with Crippen LogP contribution in [0.5, 0.6) is 5.75 Å². The fourth-order valence-electron chi connectivity index (χ4n) is 0.820. The maximum absolute atomic E-state index is 10.7. The second-order valence-electron chi connectivity index (χ2n) is 2.49. The van der Waals surface area contributed by atoms with E-state index in [1.54, 1.807) is 18.2 Å². The third-order valence-corrected chi connectivity index (χ3v) is 1.74. The van der Waals surface area contributed by atoms with Gasteiger partial charge in [0.1, 0.15) is 0 Å². The highest BCUT2D eigenvalue weighted by atomic mass is 35.5. The molecule has 13 heavy (non-hydrogen) atoms. The van der Waals surface area contributed by atoms with Crippen molar-refractivity contribution < 1.29 is 14.3 Å². The SMILES string of the molecule is COC(=O)Oc1ccc(C)cc1Cl. The minimum Gasteiger partial charge on any atom is -0.437 e. The van der Waals surface area contributed by atoms with E-state index in [4.69, 9.17) is 16.3 Å². The Kier molecular flexibility index (Phi) is 3.14. The smallest absolute Gasteiger partial charge is 0.437 e. The second kappa shape index (κ2) is 4.14. The first-order valence-corrected chi connectivity index (χ1v) is 4.03. The van der Waals surface area contributed by atoms with Crippen molar-refractivity contribution in [2.45, 2.75) is 6.92 Å². The molecule has 1 aromatic carbocycles. The molecule has 1 rings (SSSR count). The molecule has 0 aromatic heterocycles. The molecule has 70 valence electrons. The molecule has 0 atom stereocenters. The summed E-state index contributed by atoms with van der Waals surface area (Å²) >= 11 is 5.80. The van der Waals surface area contributed by atoms with Crippen molar-refractivity contribution in [3.05, 3.63) is 28.8 Å². The first kappa shape index (κ1) is 9.86. The van der Waals surface area contributed by atoms with E-state index in [9.17, 15) is 4.79 Å². The standard InChI is InChI=1S/C9H9ClO3/c1-6-3-4-8(7(10)5-6)13-9(11)12-2/h3-5H,1-2H3. The van der Waals surface area contributed by atoms with Crippen LogP contribution in [-0.2, 0) is 4.74 Å². The highest BCUT2D eigenvalue weighted by molar-refractivity contribution is 6.32. The lowest BCUT2D eigenvalue weighted by Gasteiger charge is -2.04. The molecule has 0 aliphatic carbocycles. The van der Waals surface area contributed by atoms with Gasteiger partial charge in [0.15, 0.2) is 5.75 Å². The quantitative estimate of drug-likeness (QED) is 0.517. The number of hydrogen-bond acceptors (Lipinski definition) is 3. The Morgan fingerprint density at radius 1 is 1.46 bits per heavy atom. The average molecular weight is 201 g/mol. The summed E-state index contributed by atoms with van der Waals surface area (Å²) in [6.45, 7) is 1.90. The molecule has 0 amide bonds. The number of aryl methyl sites for hydroxylation is 1. The molecule has 0 spiro atoms. The summed E-state index contributed by atoms with van der Waals surface area (Å²) in [4.78, 5) is 10.7. The van der Waals surface area contributed by atoms with Crippen LogP contribution < -0.4 is 4.74 Å². The van der Waals surface area contributed by atoms with Gasteiger partial charge >= 0.3 is 6.16 Å². The minimum absolute atomic E-state index is 0.305. The number of benzene rings is 1. The molecule has 0 heterocycles. The van der Waals surface area contributed by atoms with Crippen molar-refractivity contribution in [1.29, 1.82) is 0 Å². The number of rotatable bonds is 1. The third kappa shape index (κ3) is 2.63. The van der Waals surface area contributed by atoms with E-state index in [1.165, 1.54) is 7.11 Å². The highest BCUT2D eigenvalue weighted by Gasteiger charge is 2.07. The molecular weight excluding hydrogens is 192 g/mol. The zero-order valence-corrected chi connectivity index (χ0v) is 8.09. The predicted molar refractivity (Wildman–Crippen MR) is 49.2 cm³/mol. The fraction of sp³-hybridized carbons (Fsp3) is 0.222. The van der Waals surface area contributed by atoms with Crippen molar-refractivity contribution >= 4 is 17.8 Å². The predicted octanol–water partition coefficient (Wildman–Crippen LogP) is 2.79. The van der Waals surface area contributed by atoms with Crippen molar-refractivity contribution in [2.75, 3.05) is 7.11 Å². The zero-order chi connectivity index (χ0) is 9.84. The van der Waals surface area contributed by atoms with Crippen LogP contribution in [0.25, 0.3) is 0 Å². The summed E-state index contributed by atoms with van der Waals surface area (Å²) in [6, 6.07) is 5.12.